The molecule has 0 aromatic heterocycles. The monoisotopic (exact) mass is 339 g/mol. The van der Waals surface area contributed by atoms with Gasteiger partial charge in [0.1, 0.15) is 6.04 Å². The summed E-state index contributed by atoms with van der Waals surface area (Å²) < 4.78 is 23.4. The lowest BCUT2D eigenvalue weighted by atomic mass is 10.1. The van der Waals surface area contributed by atoms with Gasteiger partial charge in [-0.15, -0.1) is 6.58 Å². The van der Waals surface area contributed by atoms with Crippen LogP contribution in [0.5, 0.6) is 0 Å². The van der Waals surface area contributed by atoms with Crippen LogP contribution in [0.15, 0.2) is 41.8 Å². The van der Waals surface area contributed by atoms with Crippen LogP contribution in [-0.2, 0) is 25.8 Å². The molecule has 1 rings (SSSR count). The number of rotatable bonds is 9. The van der Waals surface area contributed by atoms with Gasteiger partial charge in [-0.2, -0.15) is 0 Å². The van der Waals surface area contributed by atoms with Gasteiger partial charge in [0.05, 0.1) is 17.1 Å². The number of hydrogen-bond donors (Lipinski definition) is 2. The Morgan fingerprint density at radius 3 is 2.39 bits per heavy atom. The molecule has 2 N–H and O–H groups in total. The lowest BCUT2D eigenvalue weighted by Gasteiger charge is -2.13. The standard InChI is InChI=1S/C16H21NO5S/c1-3-5-6-14(16(19)20)17-15(18)11-12-7-9-13(10-8-12)23(21,22)4-2/h3,7-10,14H,1,4-6,11H2,2H3,(H,17,18)(H,19,20). The molecule has 0 fully saturated rings. The van der Waals surface area contributed by atoms with Crippen molar-refractivity contribution in [3.05, 3.63) is 42.5 Å². The number of aliphatic carboxylic acids is 1. The number of benzene rings is 1. The topological polar surface area (TPSA) is 101 Å². The van der Waals surface area contributed by atoms with Crippen molar-refractivity contribution in [3.63, 3.8) is 0 Å². The Bertz CT molecular complexity index is 664. The number of allylic oxidation sites excluding steroid dienone is 1. The third-order valence-corrected chi connectivity index (χ3v) is 5.07. The first-order chi connectivity index (χ1) is 10.8. The molecule has 0 heterocycles. The number of sulfone groups is 1. The van der Waals surface area contributed by atoms with Crippen LogP contribution in [0.3, 0.4) is 0 Å². The number of carbonyl (C=O) groups is 2. The Kier molecular flexibility index (Phi) is 6.96. The fraction of sp³-hybridized carbons (Fsp3) is 0.375. The second-order valence-electron chi connectivity index (χ2n) is 5.05. The number of carboxylic acids is 1. The zero-order valence-corrected chi connectivity index (χ0v) is 13.8. The van der Waals surface area contributed by atoms with Gasteiger partial charge in [-0.05, 0) is 30.5 Å². The number of amides is 1. The minimum Gasteiger partial charge on any atom is -0.480 e. The first-order valence-corrected chi connectivity index (χ1v) is 8.90. The molecular formula is C16H21NO5S. The molecule has 0 aliphatic heterocycles. The molecule has 23 heavy (non-hydrogen) atoms. The zero-order valence-electron chi connectivity index (χ0n) is 13.0. The van der Waals surface area contributed by atoms with Gasteiger partial charge in [0, 0.05) is 0 Å². The molecule has 0 spiro atoms. The van der Waals surface area contributed by atoms with Gasteiger partial charge in [-0.1, -0.05) is 25.1 Å². The van der Waals surface area contributed by atoms with Crippen LogP contribution >= 0.6 is 0 Å². The molecule has 7 heteroatoms. The predicted octanol–water partition coefficient (Wildman–Crippen LogP) is 1.56. The maximum absolute atomic E-state index is 11.9. The van der Waals surface area contributed by atoms with E-state index in [2.05, 4.69) is 11.9 Å². The highest BCUT2D eigenvalue weighted by Gasteiger charge is 2.19. The van der Waals surface area contributed by atoms with Gasteiger partial charge < -0.3 is 10.4 Å². The minimum absolute atomic E-state index is 0.00960. The maximum atomic E-state index is 11.9. The lowest BCUT2D eigenvalue weighted by molar-refractivity contribution is -0.141. The molecular weight excluding hydrogens is 318 g/mol. The Morgan fingerprint density at radius 2 is 1.91 bits per heavy atom. The number of carbonyl (C=O) groups excluding carboxylic acids is 1. The van der Waals surface area contributed by atoms with Crippen molar-refractivity contribution in [1.29, 1.82) is 0 Å². The minimum atomic E-state index is -3.27. The van der Waals surface area contributed by atoms with E-state index in [4.69, 9.17) is 5.11 Å². The average molecular weight is 339 g/mol. The summed E-state index contributed by atoms with van der Waals surface area (Å²) in [6.45, 7) is 5.08. The first-order valence-electron chi connectivity index (χ1n) is 7.25. The summed E-state index contributed by atoms with van der Waals surface area (Å²) in [7, 11) is -3.27. The molecule has 6 nitrogen and oxygen atoms in total. The summed E-state index contributed by atoms with van der Waals surface area (Å²) in [5, 5.41) is 11.5. The van der Waals surface area contributed by atoms with Gasteiger partial charge >= 0.3 is 5.97 Å². The molecule has 0 aliphatic rings. The first kappa shape index (κ1) is 18.9. The molecule has 0 saturated carbocycles. The van der Waals surface area contributed by atoms with Crippen molar-refractivity contribution in [1.82, 2.24) is 5.32 Å². The summed E-state index contributed by atoms with van der Waals surface area (Å²) >= 11 is 0. The third kappa shape index (κ3) is 5.86. The van der Waals surface area contributed by atoms with E-state index in [1.165, 1.54) is 12.1 Å². The largest absolute Gasteiger partial charge is 0.480 e. The molecule has 1 aromatic rings. The van der Waals surface area contributed by atoms with Gasteiger partial charge in [-0.3, -0.25) is 4.79 Å². The molecule has 0 radical (unpaired) electrons. The average Bonchev–Trinajstić information content (AvgIpc) is 2.51. The van der Waals surface area contributed by atoms with Crippen molar-refractivity contribution >= 4 is 21.7 Å². The van der Waals surface area contributed by atoms with E-state index >= 15 is 0 Å². The molecule has 1 atom stereocenters. The Balaban J connectivity index is 2.70. The second kappa shape index (κ2) is 8.47. The Labute approximate surface area is 136 Å². The summed E-state index contributed by atoms with van der Waals surface area (Å²) in [6, 6.07) is 5.06. The van der Waals surface area contributed by atoms with E-state index in [9.17, 15) is 18.0 Å². The van der Waals surface area contributed by atoms with Crippen LogP contribution in [0.1, 0.15) is 25.3 Å². The second-order valence-corrected chi connectivity index (χ2v) is 7.33. The van der Waals surface area contributed by atoms with Gasteiger partial charge in [0.25, 0.3) is 0 Å². The summed E-state index contributed by atoms with van der Waals surface area (Å²) in [6.07, 6.45) is 2.35. The van der Waals surface area contributed by atoms with Crippen LogP contribution in [0, 0.1) is 0 Å². The molecule has 1 aromatic carbocycles. The molecule has 126 valence electrons. The smallest absolute Gasteiger partial charge is 0.326 e. The highest BCUT2D eigenvalue weighted by atomic mass is 32.2. The van der Waals surface area contributed by atoms with Crippen LogP contribution in [0.4, 0.5) is 0 Å². The lowest BCUT2D eigenvalue weighted by Crippen LogP contribution is -2.41. The number of nitrogens with one attached hydrogen (secondary N) is 1. The van der Waals surface area contributed by atoms with Crippen LogP contribution in [0.25, 0.3) is 0 Å². The Hall–Kier alpha value is -2.15. The van der Waals surface area contributed by atoms with Gasteiger partial charge in [-0.25, -0.2) is 13.2 Å². The summed E-state index contributed by atoms with van der Waals surface area (Å²) in [5.74, 6) is -1.51. The summed E-state index contributed by atoms with van der Waals surface area (Å²) in [4.78, 5) is 23.2. The molecule has 0 saturated heterocycles. The van der Waals surface area contributed by atoms with Crippen molar-refractivity contribution < 1.29 is 23.1 Å². The third-order valence-electron chi connectivity index (χ3n) is 3.32. The van der Waals surface area contributed by atoms with Crippen LogP contribution in [0.2, 0.25) is 0 Å². The SMILES string of the molecule is C=CCCC(NC(=O)Cc1ccc(S(=O)(=O)CC)cc1)C(=O)O. The highest BCUT2D eigenvalue weighted by Crippen LogP contribution is 2.13. The molecule has 0 bridgehead atoms. The van der Waals surface area contributed by atoms with Crippen molar-refractivity contribution in [2.24, 2.45) is 0 Å². The van der Waals surface area contributed by atoms with E-state index in [1.54, 1.807) is 25.1 Å². The van der Waals surface area contributed by atoms with E-state index in [0.717, 1.165) is 0 Å². The normalized spacial score (nSPS) is 12.4. The fourth-order valence-electron chi connectivity index (χ4n) is 1.95. The number of hydrogen-bond acceptors (Lipinski definition) is 4. The van der Waals surface area contributed by atoms with Crippen molar-refractivity contribution in [3.8, 4) is 0 Å². The zero-order chi connectivity index (χ0) is 17.5. The molecule has 1 amide bonds. The Morgan fingerprint density at radius 1 is 1.30 bits per heavy atom. The van der Waals surface area contributed by atoms with E-state index in [1.807, 2.05) is 0 Å². The van der Waals surface area contributed by atoms with Crippen LogP contribution in [-0.4, -0.2) is 37.2 Å². The highest BCUT2D eigenvalue weighted by molar-refractivity contribution is 7.91. The van der Waals surface area contributed by atoms with Gasteiger partial charge in [0.15, 0.2) is 9.84 Å². The quantitative estimate of drug-likeness (QED) is 0.665. The van der Waals surface area contributed by atoms with Gasteiger partial charge in [0.2, 0.25) is 5.91 Å². The molecule has 1 unspecified atom stereocenters. The maximum Gasteiger partial charge on any atom is 0.326 e. The predicted molar refractivity (Wildman–Crippen MR) is 86.9 cm³/mol. The summed E-state index contributed by atoms with van der Waals surface area (Å²) in [5.41, 5.74) is 0.616. The van der Waals surface area contributed by atoms with E-state index < -0.39 is 27.8 Å². The van der Waals surface area contributed by atoms with E-state index in [0.29, 0.717) is 12.0 Å². The van der Waals surface area contributed by atoms with Crippen LogP contribution < -0.4 is 5.32 Å². The van der Waals surface area contributed by atoms with Crippen molar-refractivity contribution in [2.45, 2.75) is 37.1 Å². The van der Waals surface area contributed by atoms with E-state index in [-0.39, 0.29) is 23.5 Å². The fourth-order valence-corrected chi connectivity index (χ4v) is 2.84. The molecule has 0 aliphatic carbocycles. The van der Waals surface area contributed by atoms with Crippen molar-refractivity contribution in [2.75, 3.05) is 5.75 Å². The number of carboxylic acid groups (broad SMARTS) is 1.